The van der Waals surface area contributed by atoms with Gasteiger partial charge in [-0.05, 0) is 36.3 Å². The molecule has 1 heterocycles. The number of aromatic nitrogens is 1. The second-order valence-electron chi connectivity index (χ2n) is 8.01. The van der Waals surface area contributed by atoms with Crippen molar-refractivity contribution in [3.05, 3.63) is 95.6 Å². The highest BCUT2D eigenvalue weighted by molar-refractivity contribution is 6.17. The third-order valence-corrected chi connectivity index (χ3v) is 6.18. The maximum Gasteiger partial charge on any atom is 0.0794 e. The van der Waals surface area contributed by atoms with Crippen molar-refractivity contribution in [2.45, 2.75) is 19.8 Å². The van der Waals surface area contributed by atoms with Crippen LogP contribution in [0.1, 0.15) is 23.1 Å². The summed E-state index contributed by atoms with van der Waals surface area (Å²) in [5, 5.41) is 4.92. The van der Waals surface area contributed by atoms with Crippen molar-refractivity contribution >= 4 is 38.7 Å². The lowest BCUT2D eigenvalue weighted by atomic mass is 9.89. The summed E-state index contributed by atoms with van der Waals surface area (Å²) in [5.41, 5.74) is 8.73. The SMILES string of the molecule is Cc1ccc(-c2c3ccc4c(c3nc3c2ccc2ccccc23)C=CCC4)cc1. The Morgan fingerprint density at radius 3 is 2.41 bits per heavy atom. The number of hydrogen-bond donors (Lipinski definition) is 0. The average molecular weight is 371 g/mol. The number of rotatable bonds is 1. The van der Waals surface area contributed by atoms with Gasteiger partial charge in [-0.2, -0.15) is 0 Å². The minimum absolute atomic E-state index is 1.09. The normalized spacial score (nSPS) is 13.3. The standard InChI is InChI=1S/C28H21N/c1-18-10-12-21(13-11-18)26-24-16-14-19-6-2-4-8-22(19)27(24)29-28-23-9-5-3-7-20(23)15-17-25(26)28/h2,4-6,8-17H,3,7H2,1H3. The molecule has 0 unspecified atom stereocenters. The van der Waals surface area contributed by atoms with E-state index in [9.17, 15) is 0 Å². The maximum atomic E-state index is 5.27. The third kappa shape index (κ3) is 2.51. The van der Waals surface area contributed by atoms with Gasteiger partial charge in [-0.25, -0.2) is 4.98 Å². The molecule has 1 heteroatoms. The Morgan fingerprint density at radius 1 is 0.724 bits per heavy atom. The molecule has 0 spiro atoms. The Bertz CT molecular complexity index is 1440. The second kappa shape index (κ2) is 6.28. The summed E-state index contributed by atoms with van der Waals surface area (Å²) in [5.74, 6) is 0. The highest BCUT2D eigenvalue weighted by Crippen LogP contribution is 2.40. The molecular formula is C28H21N. The molecule has 1 aromatic heterocycles. The molecule has 0 radical (unpaired) electrons. The van der Waals surface area contributed by atoms with Crippen molar-refractivity contribution in [1.82, 2.24) is 4.98 Å². The summed E-state index contributed by atoms with van der Waals surface area (Å²) >= 11 is 0. The molecule has 1 nitrogen and oxygen atoms in total. The Balaban J connectivity index is 1.85. The van der Waals surface area contributed by atoms with Crippen LogP contribution < -0.4 is 0 Å². The average Bonchev–Trinajstić information content (AvgIpc) is 2.78. The van der Waals surface area contributed by atoms with Gasteiger partial charge in [0.15, 0.2) is 0 Å². The number of nitrogens with zero attached hydrogens (tertiary/aromatic N) is 1. The molecule has 0 aliphatic heterocycles. The quantitative estimate of drug-likeness (QED) is 0.220. The van der Waals surface area contributed by atoms with Gasteiger partial charge in [-0.1, -0.05) is 90.5 Å². The third-order valence-electron chi connectivity index (χ3n) is 6.18. The van der Waals surface area contributed by atoms with E-state index >= 15 is 0 Å². The highest BCUT2D eigenvalue weighted by Gasteiger charge is 2.17. The van der Waals surface area contributed by atoms with E-state index in [-0.39, 0.29) is 0 Å². The van der Waals surface area contributed by atoms with Crippen LogP contribution in [0.2, 0.25) is 0 Å². The number of hydrogen-bond acceptors (Lipinski definition) is 1. The first kappa shape index (κ1) is 16.5. The molecule has 0 amide bonds. The fourth-order valence-electron chi connectivity index (χ4n) is 4.68. The molecule has 0 fully saturated rings. The van der Waals surface area contributed by atoms with Crippen molar-refractivity contribution in [3.8, 4) is 11.1 Å². The zero-order valence-electron chi connectivity index (χ0n) is 16.4. The van der Waals surface area contributed by atoms with E-state index in [1.54, 1.807) is 0 Å². The minimum atomic E-state index is 1.09. The zero-order chi connectivity index (χ0) is 19.4. The molecule has 1 aliphatic rings. The minimum Gasteiger partial charge on any atom is -0.246 e. The Hall–Kier alpha value is -3.45. The van der Waals surface area contributed by atoms with Gasteiger partial charge in [-0.3, -0.25) is 0 Å². The van der Waals surface area contributed by atoms with E-state index in [2.05, 4.69) is 91.9 Å². The first-order valence-electron chi connectivity index (χ1n) is 10.3. The van der Waals surface area contributed by atoms with E-state index in [4.69, 9.17) is 4.98 Å². The lowest BCUT2D eigenvalue weighted by Gasteiger charge is -2.18. The molecule has 0 saturated heterocycles. The number of fused-ring (bicyclic) bond motifs is 6. The Morgan fingerprint density at radius 2 is 1.52 bits per heavy atom. The highest BCUT2D eigenvalue weighted by atomic mass is 14.7. The lowest BCUT2D eigenvalue weighted by Crippen LogP contribution is -1.98. The van der Waals surface area contributed by atoms with E-state index in [0.717, 1.165) is 23.9 Å². The number of allylic oxidation sites excluding steroid dienone is 1. The van der Waals surface area contributed by atoms with Crippen LogP contribution in [0.25, 0.3) is 49.8 Å². The van der Waals surface area contributed by atoms with Gasteiger partial charge in [0, 0.05) is 27.3 Å². The summed E-state index contributed by atoms with van der Waals surface area (Å²) in [6.07, 6.45) is 6.75. The number of benzene rings is 4. The van der Waals surface area contributed by atoms with E-state index in [1.807, 2.05) is 0 Å². The maximum absolute atomic E-state index is 5.27. The Kier molecular flexibility index (Phi) is 3.57. The zero-order valence-corrected chi connectivity index (χ0v) is 16.4. The number of pyridine rings is 1. The monoisotopic (exact) mass is 371 g/mol. The van der Waals surface area contributed by atoms with Crippen LogP contribution in [0.5, 0.6) is 0 Å². The van der Waals surface area contributed by atoms with Crippen molar-refractivity contribution in [3.63, 3.8) is 0 Å². The molecule has 138 valence electrons. The number of aryl methyl sites for hydroxylation is 2. The largest absolute Gasteiger partial charge is 0.246 e. The van der Waals surface area contributed by atoms with E-state index < -0.39 is 0 Å². The smallest absolute Gasteiger partial charge is 0.0794 e. The van der Waals surface area contributed by atoms with Crippen LogP contribution in [0.4, 0.5) is 0 Å². The van der Waals surface area contributed by atoms with Crippen LogP contribution >= 0.6 is 0 Å². The summed E-state index contributed by atoms with van der Waals surface area (Å²) in [6, 6.07) is 26.5. The topological polar surface area (TPSA) is 12.9 Å². The van der Waals surface area contributed by atoms with E-state index in [1.165, 1.54) is 49.4 Å². The van der Waals surface area contributed by atoms with Gasteiger partial charge < -0.3 is 0 Å². The van der Waals surface area contributed by atoms with Gasteiger partial charge in [0.25, 0.3) is 0 Å². The van der Waals surface area contributed by atoms with Gasteiger partial charge in [0.05, 0.1) is 11.0 Å². The van der Waals surface area contributed by atoms with Crippen molar-refractivity contribution in [1.29, 1.82) is 0 Å². The summed E-state index contributed by atoms with van der Waals surface area (Å²) in [6.45, 7) is 2.14. The van der Waals surface area contributed by atoms with E-state index in [0.29, 0.717) is 0 Å². The van der Waals surface area contributed by atoms with Gasteiger partial charge >= 0.3 is 0 Å². The molecule has 6 rings (SSSR count). The second-order valence-corrected chi connectivity index (χ2v) is 8.01. The molecule has 5 aromatic rings. The van der Waals surface area contributed by atoms with Gasteiger partial charge in [-0.15, -0.1) is 0 Å². The van der Waals surface area contributed by atoms with Gasteiger partial charge in [0.1, 0.15) is 0 Å². The fraction of sp³-hybridized carbons (Fsp3) is 0.107. The molecule has 0 bridgehead atoms. The van der Waals surface area contributed by atoms with Crippen LogP contribution in [-0.2, 0) is 6.42 Å². The van der Waals surface area contributed by atoms with Crippen LogP contribution in [0.15, 0.2) is 78.9 Å². The van der Waals surface area contributed by atoms with Crippen LogP contribution in [0, 0.1) is 6.92 Å². The van der Waals surface area contributed by atoms with Crippen molar-refractivity contribution in [2.24, 2.45) is 0 Å². The molecule has 0 saturated carbocycles. The first-order chi connectivity index (χ1) is 14.3. The first-order valence-corrected chi connectivity index (χ1v) is 10.3. The predicted molar refractivity (Wildman–Crippen MR) is 124 cm³/mol. The Labute approximate surface area is 170 Å². The van der Waals surface area contributed by atoms with Crippen LogP contribution in [0.3, 0.4) is 0 Å². The predicted octanol–water partition coefficient (Wildman–Crippen LogP) is 7.48. The molecule has 29 heavy (non-hydrogen) atoms. The fourth-order valence-corrected chi connectivity index (χ4v) is 4.68. The lowest BCUT2D eigenvalue weighted by molar-refractivity contribution is 0.988. The molecule has 4 aromatic carbocycles. The summed E-state index contributed by atoms with van der Waals surface area (Å²) in [7, 11) is 0. The van der Waals surface area contributed by atoms with Crippen LogP contribution in [-0.4, -0.2) is 4.98 Å². The molecular weight excluding hydrogens is 350 g/mol. The summed E-state index contributed by atoms with van der Waals surface area (Å²) < 4.78 is 0. The molecule has 0 atom stereocenters. The van der Waals surface area contributed by atoms with Gasteiger partial charge in [0.2, 0.25) is 0 Å². The molecule has 0 N–H and O–H groups in total. The van der Waals surface area contributed by atoms with Crippen molar-refractivity contribution in [2.75, 3.05) is 0 Å². The van der Waals surface area contributed by atoms with Crippen molar-refractivity contribution < 1.29 is 0 Å². The summed E-state index contributed by atoms with van der Waals surface area (Å²) in [4.78, 5) is 5.27. The molecule has 1 aliphatic carbocycles.